The number of rotatable bonds is 5. The number of carbonyl (C=O) groups excluding carboxylic acids is 2. The first-order chi connectivity index (χ1) is 12.0. The van der Waals surface area contributed by atoms with Crippen LogP contribution in [0.1, 0.15) is 31.7 Å². The van der Waals surface area contributed by atoms with Gasteiger partial charge in [-0.1, -0.05) is 12.1 Å². The SMILES string of the molecule is CCN1C[C@H](C(=O)NCC2(c3ccc(F)cc3)CCOCC2)CC1=O. The molecule has 1 atom stereocenters. The molecule has 6 heteroatoms. The highest BCUT2D eigenvalue weighted by molar-refractivity contribution is 5.89. The molecule has 0 spiro atoms. The van der Waals surface area contributed by atoms with E-state index in [1.165, 1.54) is 12.1 Å². The van der Waals surface area contributed by atoms with E-state index in [4.69, 9.17) is 4.74 Å². The van der Waals surface area contributed by atoms with Crippen molar-refractivity contribution in [1.82, 2.24) is 10.2 Å². The summed E-state index contributed by atoms with van der Waals surface area (Å²) in [6.45, 7) is 4.78. The maximum atomic E-state index is 13.3. The summed E-state index contributed by atoms with van der Waals surface area (Å²) in [7, 11) is 0. The average molecular weight is 348 g/mol. The zero-order chi connectivity index (χ0) is 17.9. The monoisotopic (exact) mass is 348 g/mol. The third-order valence-electron chi connectivity index (χ3n) is 5.47. The minimum Gasteiger partial charge on any atom is -0.381 e. The predicted octanol–water partition coefficient (Wildman–Crippen LogP) is 1.86. The van der Waals surface area contributed by atoms with Crippen molar-refractivity contribution < 1.29 is 18.7 Å². The Morgan fingerprint density at radius 1 is 1.32 bits per heavy atom. The second kappa shape index (κ2) is 7.52. The number of hydrogen-bond donors (Lipinski definition) is 1. The van der Waals surface area contributed by atoms with Crippen LogP contribution in [-0.4, -0.2) is 49.6 Å². The lowest BCUT2D eigenvalue weighted by Gasteiger charge is -2.38. The average Bonchev–Trinajstić information content (AvgIpc) is 3.02. The lowest BCUT2D eigenvalue weighted by atomic mass is 9.74. The first-order valence-electron chi connectivity index (χ1n) is 8.93. The van der Waals surface area contributed by atoms with E-state index >= 15 is 0 Å². The number of carbonyl (C=O) groups is 2. The molecule has 0 aromatic heterocycles. The molecule has 2 saturated heterocycles. The van der Waals surface area contributed by atoms with Crippen LogP contribution in [0.25, 0.3) is 0 Å². The molecule has 1 N–H and O–H groups in total. The van der Waals surface area contributed by atoms with E-state index < -0.39 is 0 Å². The number of benzene rings is 1. The van der Waals surface area contributed by atoms with Gasteiger partial charge < -0.3 is 15.0 Å². The van der Waals surface area contributed by atoms with Crippen LogP contribution in [0.3, 0.4) is 0 Å². The topological polar surface area (TPSA) is 58.6 Å². The third-order valence-corrected chi connectivity index (χ3v) is 5.47. The minimum absolute atomic E-state index is 0.0435. The quantitative estimate of drug-likeness (QED) is 0.884. The van der Waals surface area contributed by atoms with E-state index in [2.05, 4.69) is 5.32 Å². The van der Waals surface area contributed by atoms with Gasteiger partial charge in [0.1, 0.15) is 5.82 Å². The molecule has 0 aliphatic carbocycles. The van der Waals surface area contributed by atoms with Gasteiger partial charge in [0.15, 0.2) is 0 Å². The molecule has 25 heavy (non-hydrogen) atoms. The Bertz CT molecular complexity index is 626. The van der Waals surface area contributed by atoms with E-state index in [-0.39, 0.29) is 35.4 Å². The van der Waals surface area contributed by atoms with Gasteiger partial charge in [-0.2, -0.15) is 0 Å². The molecule has 0 unspecified atom stereocenters. The number of likely N-dealkylation sites (tertiary alicyclic amines) is 1. The van der Waals surface area contributed by atoms with Crippen LogP contribution in [0.4, 0.5) is 4.39 Å². The maximum absolute atomic E-state index is 13.3. The van der Waals surface area contributed by atoms with Gasteiger partial charge in [0, 0.05) is 44.7 Å². The Hall–Kier alpha value is -1.95. The van der Waals surface area contributed by atoms with E-state index in [1.54, 1.807) is 17.0 Å². The summed E-state index contributed by atoms with van der Waals surface area (Å²) < 4.78 is 18.8. The van der Waals surface area contributed by atoms with Crippen molar-refractivity contribution in [3.63, 3.8) is 0 Å². The highest BCUT2D eigenvalue weighted by Gasteiger charge is 2.37. The molecule has 2 amide bonds. The number of ether oxygens (including phenoxy) is 1. The fraction of sp³-hybridized carbons (Fsp3) is 0.579. The molecule has 2 fully saturated rings. The van der Waals surface area contributed by atoms with Crippen LogP contribution in [0.15, 0.2) is 24.3 Å². The molecule has 3 rings (SSSR count). The number of hydrogen-bond acceptors (Lipinski definition) is 3. The van der Waals surface area contributed by atoms with Gasteiger partial charge in [-0.3, -0.25) is 9.59 Å². The van der Waals surface area contributed by atoms with E-state index in [0.717, 1.165) is 18.4 Å². The molecule has 0 saturated carbocycles. The standard InChI is InChI=1S/C19H25FN2O3/c1-2-22-12-14(11-17(22)23)18(24)21-13-19(7-9-25-10-8-19)15-3-5-16(20)6-4-15/h3-6,14H,2,7-13H2,1H3,(H,21,24)/t14-/m1/s1. The second-order valence-corrected chi connectivity index (χ2v) is 6.95. The summed E-state index contributed by atoms with van der Waals surface area (Å²) in [4.78, 5) is 26.1. The Kier molecular flexibility index (Phi) is 5.37. The molecule has 1 aromatic rings. The van der Waals surface area contributed by atoms with E-state index in [9.17, 15) is 14.0 Å². The Morgan fingerprint density at radius 2 is 2.00 bits per heavy atom. The number of halogens is 1. The largest absolute Gasteiger partial charge is 0.381 e. The van der Waals surface area contributed by atoms with Gasteiger partial charge in [0.2, 0.25) is 11.8 Å². The molecule has 0 radical (unpaired) electrons. The molecule has 2 aliphatic rings. The van der Waals surface area contributed by atoms with E-state index in [1.807, 2.05) is 6.92 Å². The lowest BCUT2D eigenvalue weighted by molar-refractivity contribution is -0.129. The number of nitrogens with zero attached hydrogens (tertiary/aromatic N) is 1. The summed E-state index contributed by atoms with van der Waals surface area (Å²) in [5.74, 6) is -0.573. The van der Waals surface area contributed by atoms with Crippen molar-refractivity contribution >= 4 is 11.8 Å². The van der Waals surface area contributed by atoms with Crippen molar-refractivity contribution in [1.29, 1.82) is 0 Å². The highest BCUT2D eigenvalue weighted by atomic mass is 19.1. The number of nitrogens with one attached hydrogen (secondary N) is 1. The minimum atomic E-state index is -0.280. The summed E-state index contributed by atoms with van der Waals surface area (Å²) in [5.41, 5.74) is 0.782. The molecule has 136 valence electrons. The summed E-state index contributed by atoms with van der Waals surface area (Å²) in [6, 6.07) is 6.52. The van der Waals surface area contributed by atoms with Crippen molar-refractivity contribution in [2.75, 3.05) is 32.8 Å². The summed E-state index contributed by atoms with van der Waals surface area (Å²) in [5, 5.41) is 3.05. The van der Waals surface area contributed by atoms with Gasteiger partial charge in [0.05, 0.1) is 5.92 Å². The first-order valence-corrected chi connectivity index (χ1v) is 8.93. The lowest BCUT2D eigenvalue weighted by Crippen LogP contribution is -2.46. The Labute approximate surface area is 147 Å². The fourth-order valence-corrected chi connectivity index (χ4v) is 3.79. The number of amides is 2. The van der Waals surface area contributed by atoms with E-state index in [0.29, 0.717) is 32.8 Å². The van der Waals surface area contributed by atoms with Crippen LogP contribution in [0.2, 0.25) is 0 Å². The van der Waals surface area contributed by atoms with Gasteiger partial charge >= 0.3 is 0 Å². The smallest absolute Gasteiger partial charge is 0.225 e. The van der Waals surface area contributed by atoms with Crippen LogP contribution in [-0.2, 0) is 19.7 Å². The van der Waals surface area contributed by atoms with Crippen molar-refractivity contribution in [2.24, 2.45) is 5.92 Å². The molecule has 0 bridgehead atoms. The molecule has 5 nitrogen and oxygen atoms in total. The maximum Gasteiger partial charge on any atom is 0.225 e. The van der Waals surface area contributed by atoms with Gasteiger partial charge in [-0.25, -0.2) is 4.39 Å². The molecular weight excluding hydrogens is 323 g/mol. The second-order valence-electron chi connectivity index (χ2n) is 6.95. The molecular formula is C19H25FN2O3. The van der Waals surface area contributed by atoms with Crippen LogP contribution < -0.4 is 5.32 Å². The first kappa shape index (κ1) is 17.9. The summed E-state index contributed by atoms with van der Waals surface area (Å²) in [6.07, 6.45) is 1.85. The molecule has 2 aliphatic heterocycles. The Balaban J connectivity index is 1.68. The van der Waals surface area contributed by atoms with Gasteiger partial charge in [0.25, 0.3) is 0 Å². The third kappa shape index (κ3) is 3.84. The predicted molar refractivity (Wildman–Crippen MR) is 91.5 cm³/mol. The zero-order valence-electron chi connectivity index (χ0n) is 14.6. The fourth-order valence-electron chi connectivity index (χ4n) is 3.79. The van der Waals surface area contributed by atoms with Crippen LogP contribution >= 0.6 is 0 Å². The van der Waals surface area contributed by atoms with Gasteiger partial charge in [-0.05, 0) is 37.5 Å². The highest BCUT2D eigenvalue weighted by Crippen LogP contribution is 2.34. The Morgan fingerprint density at radius 3 is 2.60 bits per heavy atom. The van der Waals surface area contributed by atoms with Crippen LogP contribution in [0.5, 0.6) is 0 Å². The molecule has 2 heterocycles. The molecule has 1 aromatic carbocycles. The van der Waals surface area contributed by atoms with Crippen molar-refractivity contribution in [2.45, 2.75) is 31.6 Å². The zero-order valence-corrected chi connectivity index (χ0v) is 14.6. The van der Waals surface area contributed by atoms with Crippen LogP contribution in [0, 0.1) is 11.7 Å². The van der Waals surface area contributed by atoms with Crippen molar-refractivity contribution in [3.8, 4) is 0 Å². The van der Waals surface area contributed by atoms with Crippen molar-refractivity contribution in [3.05, 3.63) is 35.6 Å². The van der Waals surface area contributed by atoms with Gasteiger partial charge in [-0.15, -0.1) is 0 Å². The summed E-state index contributed by atoms with van der Waals surface area (Å²) >= 11 is 0. The normalized spacial score (nSPS) is 22.9.